The van der Waals surface area contributed by atoms with Crippen LogP contribution < -0.4 is 5.32 Å². The normalized spacial score (nSPS) is 17.3. The zero-order valence-corrected chi connectivity index (χ0v) is 14.5. The molecule has 24 heavy (non-hydrogen) atoms. The number of hydrogen-bond donors (Lipinski definition) is 2. The van der Waals surface area contributed by atoms with Crippen LogP contribution in [0.4, 0.5) is 5.69 Å². The quantitative estimate of drug-likeness (QED) is 0.700. The Kier molecular flexibility index (Phi) is 4.08. The van der Waals surface area contributed by atoms with Crippen LogP contribution in [0.3, 0.4) is 0 Å². The number of halogens is 1. The molecule has 1 aliphatic rings. The fourth-order valence-corrected chi connectivity index (χ4v) is 3.12. The van der Waals surface area contributed by atoms with Gasteiger partial charge in [-0.15, -0.1) is 0 Å². The van der Waals surface area contributed by atoms with E-state index in [1.807, 2.05) is 30.3 Å². The molecule has 0 radical (unpaired) electrons. The third-order valence-corrected chi connectivity index (χ3v) is 4.63. The molecule has 0 spiro atoms. The van der Waals surface area contributed by atoms with Crippen molar-refractivity contribution >= 4 is 38.6 Å². The van der Waals surface area contributed by atoms with E-state index in [9.17, 15) is 4.79 Å². The van der Waals surface area contributed by atoms with Crippen molar-refractivity contribution < 1.29 is 9.53 Å². The van der Waals surface area contributed by atoms with E-state index < -0.39 is 0 Å². The van der Waals surface area contributed by atoms with Crippen molar-refractivity contribution in [3.05, 3.63) is 58.3 Å². The second-order valence-corrected chi connectivity index (χ2v) is 6.73. The van der Waals surface area contributed by atoms with Gasteiger partial charge in [-0.25, -0.2) is 4.98 Å². The van der Waals surface area contributed by atoms with Gasteiger partial charge in [0.15, 0.2) is 0 Å². The number of anilines is 1. The van der Waals surface area contributed by atoms with Crippen LogP contribution >= 0.6 is 15.9 Å². The molecule has 0 saturated carbocycles. The van der Waals surface area contributed by atoms with Crippen molar-refractivity contribution in [2.75, 3.05) is 11.9 Å². The van der Waals surface area contributed by atoms with E-state index in [2.05, 4.69) is 31.2 Å². The number of aromatic nitrogens is 2. The van der Waals surface area contributed by atoms with Gasteiger partial charge in [-0.05, 0) is 55.3 Å². The zero-order valence-electron chi connectivity index (χ0n) is 12.9. The number of rotatable bonds is 3. The first kappa shape index (κ1) is 15.4. The van der Waals surface area contributed by atoms with Gasteiger partial charge in [0.2, 0.25) is 0 Å². The third-order valence-electron chi connectivity index (χ3n) is 4.10. The van der Waals surface area contributed by atoms with E-state index in [1.54, 1.807) is 12.1 Å². The highest BCUT2D eigenvalue weighted by Crippen LogP contribution is 2.28. The summed E-state index contributed by atoms with van der Waals surface area (Å²) in [7, 11) is 0. The van der Waals surface area contributed by atoms with Gasteiger partial charge in [0.1, 0.15) is 11.9 Å². The van der Waals surface area contributed by atoms with Crippen LogP contribution in [-0.2, 0) is 4.74 Å². The van der Waals surface area contributed by atoms with Gasteiger partial charge in [0.05, 0.1) is 11.0 Å². The summed E-state index contributed by atoms with van der Waals surface area (Å²) in [6, 6.07) is 12.9. The molecule has 2 heterocycles. The van der Waals surface area contributed by atoms with Crippen molar-refractivity contribution in [1.82, 2.24) is 9.97 Å². The number of fused-ring (bicyclic) bond motifs is 1. The van der Waals surface area contributed by atoms with Gasteiger partial charge in [0, 0.05) is 22.3 Å². The van der Waals surface area contributed by atoms with E-state index in [0.717, 1.165) is 46.5 Å². The maximum Gasteiger partial charge on any atom is 0.255 e. The summed E-state index contributed by atoms with van der Waals surface area (Å²) >= 11 is 3.37. The van der Waals surface area contributed by atoms with Crippen LogP contribution in [0.25, 0.3) is 11.0 Å². The van der Waals surface area contributed by atoms with E-state index in [1.165, 1.54) is 0 Å². The summed E-state index contributed by atoms with van der Waals surface area (Å²) in [6.07, 6.45) is 2.11. The Hall–Kier alpha value is -2.18. The predicted molar refractivity (Wildman–Crippen MR) is 96.1 cm³/mol. The average molecular weight is 386 g/mol. The first-order chi connectivity index (χ1) is 11.7. The molecule has 1 fully saturated rings. The number of benzene rings is 2. The Morgan fingerprint density at radius 1 is 1.25 bits per heavy atom. The van der Waals surface area contributed by atoms with Gasteiger partial charge in [0.25, 0.3) is 5.91 Å². The number of carbonyl (C=O) groups excluding carboxylic acids is 1. The Morgan fingerprint density at radius 2 is 2.08 bits per heavy atom. The Bertz CT molecular complexity index is 883. The van der Waals surface area contributed by atoms with Crippen molar-refractivity contribution in [3.8, 4) is 0 Å². The molecule has 1 atom stereocenters. The van der Waals surface area contributed by atoms with Crippen molar-refractivity contribution in [1.29, 1.82) is 0 Å². The summed E-state index contributed by atoms with van der Waals surface area (Å²) in [4.78, 5) is 20.2. The molecule has 5 nitrogen and oxygen atoms in total. The number of nitrogens with zero attached hydrogens (tertiary/aromatic N) is 1. The van der Waals surface area contributed by atoms with Gasteiger partial charge in [-0.1, -0.05) is 15.9 Å². The highest BCUT2D eigenvalue weighted by Gasteiger charge is 2.21. The monoisotopic (exact) mass is 385 g/mol. The molecule has 4 rings (SSSR count). The number of carbonyl (C=O) groups is 1. The summed E-state index contributed by atoms with van der Waals surface area (Å²) in [5.74, 6) is 0.722. The van der Waals surface area contributed by atoms with E-state index in [-0.39, 0.29) is 12.0 Å². The molecule has 1 amide bonds. The van der Waals surface area contributed by atoms with Crippen molar-refractivity contribution in [2.45, 2.75) is 18.9 Å². The molecule has 0 unspecified atom stereocenters. The van der Waals surface area contributed by atoms with Gasteiger partial charge in [-0.2, -0.15) is 0 Å². The molecule has 122 valence electrons. The molecule has 0 aliphatic carbocycles. The van der Waals surface area contributed by atoms with Crippen molar-refractivity contribution in [2.24, 2.45) is 0 Å². The summed E-state index contributed by atoms with van der Waals surface area (Å²) in [6.45, 7) is 0.788. The van der Waals surface area contributed by atoms with Gasteiger partial charge < -0.3 is 15.0 Å². The van der Waals surface area contributed by atoms with Crippen LogP contribution in [-0.4, -0.2) is 22.5 Å². The van der Waals surface area contributed by atoms with Crippen LogP contribution in [0, 0.1) is 0 Å². The third kappa shape index (κ3) is 3.07. The number of hydrogen-bond acceptors (Lipinski definition) is 3. The lowest BCUT2D eigenvalue weighted by molar-refractivity contribution is 0.102. The summed E-state index contributed by atoms with van der Waals surface area (Å²) in [5.41, 5.74) is 3.12. The smallest absolute Gasteiger partial charge is 0.255 e. The second kappa shape index (κ2) is 6.37. The summed E-state index contributed by atoms with van der Waals surface area (Å²) < 4.78 is 6.61. The van der Waals surface area contributed by atoms with E-state index >= 15 is 0 Å². The molecular formula is C18H16BrN3O2. The first-order valence-electron chi connectivity index (χ1n) is 7.87. The number of aromatic amines is 1. The maximum absolute atomic E-state index is 12.3. The molecule has 1 saturated heterocycles. The lowest BCUT2D eigenvalue weighted by Gasteiger charge is -2.05. The standard InChI is InChI=1S/C18H16BrN3O2/c19-12-5-3-11(4-6-12)18(23)20-13-7-8-14-15(10-13)22-17(21-14)16-2-1-9-24-16/h3-8,10,16H,1-2,9H2,(H,20,23)(H,21,22)/t16-/m1/s1. The number of imidazole rings is 1. The Labute approximate surface area is 147 Å². The fourth-order valence-electron chi connectivity index (χ4n) is 2.86. The molecule has 3 aromatic rings. The molecule has 2 aromatic carbocycles. The minimum atomic E-state index is -0.138. The van der Waals surface area contributed by atoms with Crippen LogP contribution in [0.15, 0.2) is 46.9 Å². The topological polar surface area (TPSA) is 67.0 Å². The Balaban J connectivity index is 1.55. The van der Waals surface area contributed by atoms with Gasteiger partial charge >= 0.3 is 0 Å². The predicted octanol–water partition coefficient (Wildman–Crippen LogP) is 4.43. The minimum absolute atomic E-state index is 0.0539. The first-order valence-corrected chi connectivity index (χ1v) is 8.66. The highest BCUT2D eigenvalue weighted by molar-refractivity contribution is 9.10. The lowest BCUT2D eigenvalue weighted by Crippen LogP contribution is -2.11. The van der Waals surface area contributed by atoms with Crippen molar-refractivity contribution in [3.63, 3.8) is 0 Å². The van der Waals surface area contributed by atoms with Crippen LogP contribution in [0.2, 0.25) is 0 Å². The zero-order chi connectivity index (χ0) is 16.5. The molecule has 6 heteroatoms. The highest BCUT2D eigenvalue weighted by atomic mass is 79.9. The molecule has 2 N–H and O–H groups in total. The maximum atomic E-state index is 12.3. The van der Waals surface area contributed by atoms with E-state index in [0.29, 0.717) is 5.56 Å². The van der Waals surface area contributed by atoms with Crippen LogP contribution in [0.1, 0.15) is 35.1 Å². The minimum Gasteiger partial charge on any atom is -0.370 e. The molecule has 0 bridgehead atoms. The average Bonchev–Trinajstić information content (AvgIpc) is 3.24. The Morgan fingerprint density at radius 3 is 2.83 bits per heavy atom. The largest absolute Gasteiger partial charge is 0.370 e. The number of ether oxygens (including phenoxy) is 1. The van der Waals surface area contributed by atoms with Gasteiger partial charge in [-0.3, -0.25) is 4.79 Å². The lowest BCUT2D eigenvalue weighted by atomic mass is 10.2. The van der Waals surface area contributed by atoms with Crippen LogP contribution in [0.5, 0.6) is 0 Å². The number of nitrogens with one attached hydrogen (secondary N) is 2. The summed E-state index contributed by atoms with van der Waals surface area (Å²) in [5, 5.41) is 2.92. The SMILES string of the molecule is O=C(Nc1ccc2nc([C@H]3CCCO3)[nH]c2c1)c1ccc(Br)cc1. The molecule has 1 aliphatic heterocycles. The van der Waals surface area contributed by atoms with E-state index in [4.69, 9.17) is 4.74 Å². The molecule has 1 aromatic heterocycles. The molecular weight excluding hydrogens is 370 g/mol. The number of amides is 1. The fraction of sp³-hybridized carbons (Fsp3) is 0.222. The number of H-pyrrole nitrogens is 1. The second-order valence-electron chi connectivity index (χ2n) is 5.82.